The predicted molar refractivity (Wildman–Crippen MR) is 126 cm³/mol. The highest BCUT2D eigenvalue weighted by Crippen LogP contribution is 2.38. The highest BCUT2D eigenvalue weighted by atomic mass is 32.2. The number of nitrogens with one attached hydrogen (secondary N) is 1. The molecule has 7 nitrogen and oxygen atoms in total. The largest absolute Gasteiger partial charge is 0.462 e. The molecule has 2 aromatic heterocycles. The Labute approximate surface area is 194 Å². The third-order valence-electron chi connectivity index (χ3n) is 5.03. The van der Waals surface area contributed by atoms with Crippen LogP contribution in [0.5, 0.6) is 0 Å². The molecule has 0 saturated carbocycles. The van der Waals surface area contributed by atoms with Crippen LogP contribution in [0.25, 0.3) is 10.6 Å². The van der Waals surface area contributed by atoms with Crippen molar-refractivity contribution in [3.8, 4) is 10.6 Å². The van der Waals surface area contributed by atoms with Gasteiger partial charge in [-0.1, -0.05) is 29.8 Å². The van der Waals surface area contributed by atoms with Crippen molar-refractivity contribution in [2.24, 2.45) is 0 Å². The topological polar surface area (TPSA) is 102 Å². The van der Waals surface area contributed by atoms with Crippen LogP contribution in [-0.4, -0.2) is 37.6 Å². The van der Waals surface area contributed by atoms with E-state index in [-0.39, 0.29) is 42.4 Å². The van der Waals surface area contributed by atoms with Crippen molar-refractivity contribution in [3.05, 3.63) is 56.9 Å². The lowest BCUT2D eigenvalue weighted by Gasteiger charge is -2.13. The molecule has 3 aromatic rings. The number of sulfone groups is 1. The fourth-order valence-corrected chi connectivity index (χ4v) is 7.36. The van der Waals surface area contributed by atoms with Crippen molar-refractivity contribution in [1.82, 2.24) is 4.98 Å². The van der Waals surface area contributed by atoms with Crippen LogP contribution < -0.4 is 5.32 Å². The van der Waals surface area contributed by atoms with Crippen molar-refractivity contribution >= 4 is 49.4 Å². The van der Waals surface area contributed by atoms with Crippen molar-refractivity contribution in [3.63, 3.8) is 0 Å². The molecule has 1 aliphatic rings. The molecule has 0 spiro atoms. The summed E-state index contributed by atoms with van der Waals surface area (Å²) < 4.78 is 29.2. The van der Waals surface area contributed by atoms with Crippen LogP contribution in [0.4, 0.5) is 5.00 Å². The van der Waals surface area contributed by atoms with E-state index in [1.165, 1.54) is 11.3 Å². The molecule has 10 heteroatoms. The molecule has 168 valence electrons. The molecular formula is C22H22N2O5S3. The Morgan fingerprint density at radius 1 is 1.22 bits per heavy atom. The van der Waals surface area contributed by atoms with Gasteiger partial charge in [-0.15, -0.1) is 22.7 Å². The number of thiophene rings is 1. The van der Waals surface area contributed by atoms with Crippen LogP contribution in [0.15, 0.2) is 29.6 Å². The Bertz CT molecular complexity index is 1270. The number of carbonyl (C=O) groups is 2. The maximum Gasteiger partial charge on any atom is 0.341 e. The lowest BCUT2D eigenvalue weighted by molar-refractivity contribution is -0.115. The fraction of sp³-hybridized carbons (Fsp3) is 0.318. The van der Waals surface area contributed by atoms with Crippen LogP contribution in [0, 0.1) is 6.92 Å². The summed E-state index contributed by atoms with van der Waals surface area (Å²) in [6.45, 7) is 3.91. The van der Waals surface area contributed by atoms with Crippen LogP contribution >= 0.6 is 22.7 Å². The van der Waals surface area contributed by atoms with Crippen LogP contribution in [-0.2, 0) is 38.0 Å². The number of hydrogen-bond donors (Lipinski definition) is 1. The summed E-state index contributed by atoms with van der Waals surface area (Å²) in [7, 11) is -3.20. The molecule has 4 rings (SSSR count). The van der Waals surface area contributed by atoms with E-state index in [0.717, 1.165) is 27.5 Å². The van der Waals surface area contributed by atoms with Crippen molar-refractivity contribution in [2.75, 3.05) is 17.7 Å². The first kappa shape index (κ1) is 22.6. The second kappa shape index (κ2) is 9.13. The third kappa shape index (κ3) is 4.92. The van der Waals surface area contributed by atoms with E-state index in [0.29, 0.717) is 21.1 Å². The maximum absolute atomic E-state index is 12.7. The first-order valence-corrected chi connectivity index (χ1v) is 13.6. The van der Waals surface area contributed by atoms with Gasteiger partial charge in [0.05, 0.1) is 35.8 Å². The molecule has 1 N–H and O–H groups in total. The minimum Gasteiger partial charge on any atom is -0.462 e. The number of thiazole rings is 1. The minimum absolute atomic E-state index is 0.0167. The summed E-state index contributed by atoms with van der Waals surface area (Å²) in [4.78, 5) is 30.4. The van der Waals surface area contributed by atoms with E-state index in [1.54, 1.807) is 6.92 Å². The molecular weight excluding hydrogens is 468 g/mol. The standard InChI is InChI=1S/C22H22N2O5S3/c1-3-29-22(26)19-16-8-9-32(27,28)12-17(16)31-21(19)24-18(25)10-15-11-30-20(23-15)14-6-4-13(2)5-7-14/h4-7,11H,3,8-10,12H2,1-2H3,(H,24,25). The summed E-state index contributed by atoms with van der Waals surface area (Å²) in [5, 5.41) is 5.80. The number of hydrogen-bond acceptors (Lipinski definition) is 8. The van der Waals surface area contributed by atoms with Crippen molar-refractivity contribution in [2.45, 2.75) is 32.4 Å². The van der Waals surface area contributed by atoms with E-state index in [4.69, 9.17) is 4.74 Å². The van der Waals surface area contributed by atoms with E-state index in [9.17, 15) is 18.0 Å². The van der Waals surface area contributed by atoms with E-state index in [1.807, 2.05) is 36.6 Å². The van der Waals surface area contributed by atoms with Gasteiger partial charge in [0.25, 0.3) is 0 Å². The first-order valence-electron chi connectivity index (χ1n) is 10.1. The quantitative estimate of drug-likeness (QED) is 0.524. The van der Waals surface area contributed by atoms with Gasteiger partial charge < -0.3 is 10.1 Å². The van der Waals surface area contributed by atoms with E-state index < -0.39 is 15.8 Å². The number of carbonyl (C=O) groups excluding carboxylic acids is 2. The third-order valence-corrected chi connectivity index (χ3v) is 8.85. The van der Waals surface area contributed by atoms with E-state index in [2.05, 4.69) is 10.3 Å². The number of esters is 1. The molecule has 1 amide bonds. The zero-order chi connectivity index (χ0) is 22.9. The summed E-state index contributed by atoms with van der Waals surface area (Å²) in [6.07, 6.45) is 0.287. The van der Waals surface area contributed by atoms with Gasteiger partial charge in [-0.25, -0.2) is 18.2 Å². The molecule has 0 fully saturated rings. The monoisotopic (exact) mass is 490 g/mol. The number of ether oxygens (including phenoxy) is 1. The molecule has 32 heavy (non-hydrogen) atoms. The Kier molecular flexibility index (Phi) is 6.45. The second-order valence-corrected chi connectivity index (χ2v) is 11.7. The number of rotatable bonds is 6. The summed E-state index contributed by atoms with van der Waals surface area (Å²) in [6, 6.07) is 8.01. The van der Waals surface area contributed by atoms with Gasteiger partial charge in [-0.05, 0) is 25.8 Å². The van der Waals surface area contributed by atoms with Crippen LogP contribution in [0.3, 0.4) is 0 Å². The molecule has 0 bridgehead atoms. The molecule has 0 atom stereocenters. The Morgan fingerprint density at radius 3 is 2.69 bits per heavy atom. The van der Waals surface area contributed by atoms with Gasteiger partial charge >= 0.3 is 5.97 Å². The van der Waals surface area contributed by atoms with Crippen LogP contribution in [0.1, 0.15) is 39.0 Å². The lowest BCUT2D eigenvalue weighted by Crippen LogP contribution is -2.20. The SMILES string of the molecule is CCOC(=O)c1c(NC(=O)Cc2csc(-c3ccc(C)cc3)n2)sc2c1CCS(=O)(=O)C2. The molecule has 0 radical (unpaired) electrons. The summed E-state index contributed by atoms with van der Waals surface area (Å²) in [5.74, 6) is -1.01. The molecule has 1 aliphatic heterocycles. The number of aryl methyl sites for hydroxylation is 1. The van der Waals surface area contributed by atoms with Gasteiger partial charge in [0, 0.05) is 15.8 Å². The zero-order valence-corrected chi connectivity index (χ0v) is 20.1. The van der Waals surface area contributed by atoms with Gasteiger partial charge in [-0.3, -0.25) is 4.79 Å². The number of nitrogens with zero attached hydrogens (tertiary/aromatic N) is 1. The van der Waals surface area contributed by atoms with Crippen LogP contribution in [0.2, 0.25) is 0 Å². The van der Waals surface area contributed by atoms with Gasteiger partial charge in [0.1, 0.15) is 10.0 Å². The smallest absolute Gasteiger partial charge is 0.341 e. The zero-order valence-electron chi connectivity index (χ0n) is 17.6. The van der Waals surface area contributed by atoms with Crippen molar-refractivity contribution in [1.29, 1.82) is 0 Å². The van der Waals surface area contributed by atoms with E-state index >= 15 is 0 Å². The van der Waals surface area contributed by atoms with Crippen molar-refractivity contribution < 1.29 is 22.7 Å². The Morgan fingerprint density at radius 2 is 1.97 bits per heavy atom. The Balaban J connectivity index is 1.54. The molecule has 1 aromatic carbocycles. The lowest BCUT2D eigenvalue weighted by atomic mass is 10.1. The maximum atomic E-state index is 12.7. The van der Waals surface area contributed by atoms with Gasteiger partial charge in [0.2, 0.25) is 5.91 Å². The number of anilines is 1. The Hall–Kier alpha value is -2.56. The number of aromatic nitrogens is 1. The highest BCUT2D eigenvalue weighted by molar-refractivity contribution is 7.90. The van der Waals surface area contributed by atoms with Gasteiger partial charge in [-0.2, -0.15) is 0 Å². The summed E-state index contributed by atoms with van der Waals surface area (Å²) in [5.41, 5.74) is 3.71. The molecule has 0 saturated heterocycles. The minimum atomic E-state index is -3.20. The number of benzene rings is 1. The number of fused-ring (bicyclic) bond motifs is 1. The molecule has 0 aliphatic carbocycles. The average Bonchev–Trinajstić information content (AvgIpc) is 3.31. The molecule has 3 heterocycles. The summed E-state index contributed by atoms with van der Waals surface area (Å²) >= 11 is 2.59. The normalized spacial score (nSPS) is 14.6. The highest BCUT2D eigenvalue weighted by Gasteiger charge is 2.32. The average molecular weight is 491 g/mol. The molecule has 0 unspecified atom stereocenters. The first-order chi connectivity index (χ1) is 15.3. The second-order valence-electron chi connectivity index (χ2n) is 7.51. The number of amides is 1. The fourth-order valence-electron chi connectivity index (χ4n) is 3.48. The van der Waals surface area contributed by atoms with Gasteiger partial charge in [0.15, 0.2) is 9.84 Å². The predicted octanol–water partition coefficient (Wildman–Crippen LogP) is 4.01.